The molecule has 0 saturated carbocycles. The fraction of sp³-hybridized carbons (Fsp3) is 0.304. The number of nitrogens with zero attached hydrogens (tertiary/aromatic N) is 2. The first kappa shape index (κ1) is 18.3. The Morgan fingerprint density at radius 2 is 2.04 bits per heavy atom. The fourth-order valence-electron chi connectivity index (χ4n) is 4.16. The van der Waals surface area contributed by atoms with E-state index in [4.69, 9.17) is 5.73 Å². The summed E-state index contributed by atoms with van der Waals surface area (Å²) in [4.78, 5) is 18.4. The van der Waals surface area contributed by atoms with Gasteiger partial charge >= 0.3 is 0 Å². The van der Waals surface area contributed by atoms with Crippen molar-refractivity contribution in [3.05, 3.63) is 66.0 Å². The van der Waals surface area contributed by atoms with Crippen LogP contribution in [0.25, 0.3) is 11.1 Å². The molecule has 5 heteroatoms. The third-order valence-electron chi connectivity index (χ3n) is 5.47. The van der Waals surface area contributed by atoms with Crippen LogP contribution in [0.3, 0.4) is 0 Å². The molecule has 2 aliphatic rings. The zero-order chi connectivity index (χ0) is 19.7. The Balaban J connectivity index is 1.76. The molecule has 1 aromatic heterocycles. The molecule has 1 amide bonds. The topological polar surface area (TPSA) is 71.2 Å². The smallest absolute Gasteiger partial charge is 0.224 e. The molecule has 5 nitrogen and oxygen atoms in total. The van der Waals surface area contributed by atoms with E-state index in [2.05, 4.69) is 53.7 Å². The quantitative estimate of drug-likeness (QED) is 0.838. The second-order valence-electron chi connectivity index (χ2n) is 7.56. The van der Waals surface area contributed by atoms with E-state index < -0.39 is 0 Å². The Hall–Kier alpha value is -3.08. The summed E-state index contributed by atoms with van der Waals surface area (Å²) in [7, 11) is 0. The maximum absolute atomic E-state index is 12.3. The average Bonchev–Trinajstić information content (AvgIpc) is 2.69. The van der Waals surface area contributed by atoms with Gasteiger partial charge in [-0.3, -0.25) is 4.79 Å². The number of nitrogen functional groups attached to an aromatic ring is 1. The number of amides is 1. The molecular formula is C23H26N4O. The highest BCUT2D eigenvalue weighted by molar-refractivity contribution is 5.94. The summed E-state index contributed by atoms with van der Waals surface area (Å²) in [6.07, 6.45) is 11.4. The van der Waals surface area contributed by atoms with Crippen LogP contribution in [-0.4, -0.2) is 16.9 Å². The molecule has 0 fully saturated rings. The minimum atomic E-state index is 0.0749. The van der Waals surface area contributed by atoms with Gasteiger partial charge in [0.1, 0.15) is 5.82 Å². The van der Waals surface area contributed by atoms with Crippen molar-refractivity contribution in [3.63, 3.8) is 0 Å². The molecule has 0 unspecified atom stereocenters. The molecule has 0 bridgehead atoms. The average molecular weight is 374 g/mol. The van der Waals surface area contributed by atoms with Crippen molar-refractivity contribution in [2.75, 3.05) is 10.6 Å². The van der Waals surface area contributed by atoms with Gasteiger partial charge in [0.2, 0.25) is 5.91 Å². The SMILES string of the molecule is CC(=O)N1c2ccc(-c3ccc(N)nc3)cc2[C@@H](NC2=CCCC=C2)C[C@H]1C. The molecule has 144 valence electrons. The molecule has 2 atom stereocenters. The van der Waals surface area contributed by atoms with E-state index in [0.717, 1.165) is 47.3 Å². The Kier molecular flexibility index (Phi) is 4.90. The van der Waals surface area contributed by atoms with E-state index in [0.29, 0.717) is 5.82 Å². The van der Waals surface area contributed by atoms with E-state index in [-0.39, 0.29) is 18.0 Å². The lowest BCUT2D eigenvalue weighted by molar-refractivity contribution is -0.117. The van der Waals surface area contributed by atoms with Crippen LogP contribution in [0.2, 0.25) is 0 Å². The maximum atomic E-state index is 12.3. The molecule has 2 heterocycles. The Morgan fingerprint density at radius 1 is 1.21 bits per heavy atom. The summed E-state index contributed by atoms with van der Waals surface area (Å²) in [5.41, 5.74) is 11.1. The van der Waals surface area contributed by atoms with Crippen LogP contribution in [0, 0.1) is 0 Å². The minimum Gasteiger partial charge on any atom is -0.384 e. The summed E-state index contributed by atoms with van der Waals surface area (Å²) in [5.74, 6) is 0.583. The lowest BCUT2D eigenvalue weighted by Gasteiger charge is -2.40. The normalized spacial score (nSPS) is 21.1. The molecular weight excluding hydrogens is 348 g/mol. The monoisotopic (exact) mass is 374 g/mol. The Labute approximate surface area is 166 Å². The molecule has 1 aliphatic carbocycles. The predicted molar refractivity (Wildman–Crippen MR) is 114 cm³/mol. The molecule has 1 aromatic carbocycles. The zero-order valence-electron chi connectivity index (χ0n) is 16.4. The summed E-state index contributed by atoms with van der Waals surface area (Å²) in [5, 5.41) is 3.69. The van der Waals surface area contributed by atoms with Crippen LogP contribution in [0.1, 0.15) is 44.7 Å². The van der Waals surface area contributed by atoms with Gasteiger partial charge in [0.05, 0.1) is 6.04 Å². The molecule has 1 aliphatic heterocycles. The van der Waals surface area contributed by atoms with E-state index in [9.17, 15) is 4.79 Å². The third kappa shape index (κ3) is 3.52. The molecule has 3 N–H and O–H groups in total. The summed E-state index contributed by atoms with van der Waals surface area (Å²) >= 11 is 0. The fourth-order valence-corrected chi connectivity index (χ4v) is 4.16. The van der Waals surface area contributed by atoms with E-state index in [1.807, 2.05) is 17.0 Å². The van der Waals surface area contributed by atoms with Crippen molar-refractivity contribution >= 4 is 17.4 Å². The summed E-state index contributed by atoms with van der Waals surface area (Å²) in [6, 6.07) is 10.4. The van der Waals surface area contributed by atoms with Crippen LogP contribution in [0.15, 0.2) is 60.5 Å². The highest BCUT2D eigenvalue weighted by Gasteiger charge is 2.32. The number of pyridine rings is 1. The number of rotatable bonds is 3. The number of allylic oxidation sites excluding steroid dienone is 3. The number of nitrogens with one attached hydrogen (secondary N) is 1. The minimum absolute atomic E-state index is 0.0749. The standard InChI is InChI=1S/C23H26N4O/c1-15-12-21(26-19-6-4-3-5-7-19)20-13-17(18-9-11-23(24)25-14-18)8-10-22(20)27(15)16(2)28/h4,6-11,13-15,21,26H,3,5,12H2,1-2H3,(H2,24,25)/t15-,21+/m1/s1. The molecule has 0 radical (unpaired) electrons. The Bertz CT molecular complexity index is 946. The number of fused-ring (bicyclic) bond motifs is 1. The van der Waals surface area contributed by atoms with Crippen molar-refractivity contribution in [1.29, 1.82) is 0 Å². The van der Waals surface area contributed by atoms with Gasteiger partial charge in [-0.05, 0) is 67.7 Å². The number of carbonyl (C=O) groups excluding carboxylic acids is 1. The van der Waals surface area contributed by atoms with Crippen LogP contribution in [0.4, 0.5) is 11.5 Å². The zero-order valence-corrected chi connectivity index (χ0v) is 16.4. The van der Waals surface area contributed by atoms with Crippen LogP contribution in [-0.2, 0) is 4.79 Å². The van der Waals surface area contributed by atoms with E-state index >= 15 is 0 Å². The number of hydrogen-bond acceptors (Lipinski definition) is 4. The van der Waals surface area contributed by atoms with Crippen LogP contribution >= 0.6 is 0 Å². The van der Waals surface area contributed by atoms with Gasteiger partial charge in [0.15, 0.2) is 0 Å². The van der Waals surface area contributed by atoms with Gasteiger partial charge in [-0.1, -0.05) is 18.2 Å². The van der Waals surface area contributed by atoms with E-state index in [1.165, 1.54) is 0 Å². The Morgan fingerprint density at radius 3 is 2.71 bits per heavy atom. The second kappa shape index (κ2) is 7.50. The summed E-state index contributed by atoms with van der Waals surface area (Å²) in [6.45, 7) is 3.75. The van der Waals surface area contributed by atoms with Crippen LogP contribution < -0.4 is 16.0 Å². The molecule has 2 aromatic rings. The predicted octanol–water partition coefficient (Wildman–Crippen LogP) is 4.34. The first-order chi connectivity index (χ1) is 13.5. The molecule has 28 heavy (non-hydrogen) atoms. The summed E-state index contributed by atoms with van der Waals surface area (Å²) < 4.78 is 0. The van der Waals surface area contributed by atoms with E-state index in [1.54, 1.807) is 13.1 Å². The van der Waals surface area contributed by atoms with Gasteiger partial charge in [0, 0.05) is 36.1 Å². The molecule has 0 saturated heterocycles. The number of carbonyl (C=O) groups is 1. The molecule has 0 spiro atoms. The first-order valence-electron chi connectivity index (χ1n) is 9.82. The first-order valence-corrected chi connectivity index (χ1v) is 9.82. The van der Waals surface area contributed by atoms with Crippen LogP contribution in [0.5, 0.6) is 0 Å². The lowest BCUT2D eigenvalue weighted by atomic mass is 9.89. The number of nitrogens with two attached hydrogens (primary N) is 1. The van der Waals surface area contributed by atoms with Gasteiger partial charge in [-0.25, -0.2) is 4.98 Å². The van der Waals surface area contributed by atoms with Crippen molar-refractivity contribution in [1.82, 2.24) is 10.3 Å². The second-order valence-corrected chi connectivity index (χ2v) is 7.56. The van der Waals surface area contributed by atoms with Gasteiger partial charge < -0.3 is 16.0 Å². The van der Waals surface area contributed by atoms with Gasteiger partial charge in [-0.2, -0.15) is 0 Å². The van der Waals surface area contributed by atoms with Crippen molar-refractivity contribution < 1.29 is 4.79 Å². The van der Waals surface area contributed by atoms with Crippen molar-refractivity contribution in [3.8, 4) is 11.1 Å². The highest BCUT2D eigenvalue weighted by atomic mass is 16.2. The number of anilines is 2. The highest BCUT2D eigenvalue weighted by Crippen LogP contribution is 2.40. The van der Waals surface area contributed by atoms with Crippen molar-refractivity contribution in [2.24, 2.45) is 0 Å². The largest absolute Gasteiger partial charge is 0.384 e. The molecule has 4 rings (SSSR count). The number of benzene rings is 1. The van der Waals surface area contributed by atoms with Gasteiger partial charge in [0.25, 0.3) is 0 Å². The number of hydrogen-bond donors (Lipinski definition) is 2. The maximum Gasteiger partial charge on any atom is 0.224 e. The third-order valence-corrected chi connectivity index (χ3v) is 5.47. The van der Waals surface area contributed by atoms with Crippen molar-refractivity contribution in [2.45, 2.75) is 45.2 Å². The van der Waals surface area contributed by atoms with Gasteiger partial charge in [-0.15, -0.1) is 0 Å². The number of aromatic nitrogens is 1. The lowest BCUT2D eigenvalue weighted by Crippen LogP contribution is -2.44.